The molecular formula is C53H32N6O. The first-order valence-electron chi connectivity index (χ1n) is 19.9. The van der Waals surface area contributed by atoms with E-state index < -0.39 is 0 Å². The molecule has 0 amide bonds. The number of para-hydroxylation sites is 2. The Morgan fingerprint density at radius 2 is 0.933 bits per heavy atom. The third kappa shape index (κ3) is 5.56. The van der Waals surface area contributed by atoms with E-state index in [1.54, 1.807) is 0 Å². The Balaban J connectivity index is 1.02. The molecule has 0 N–H and O–H groups in total. The number of aromatic nitrogens is 6. The molecule has 0 spiro atoms. The van der Waals surface area contributed by atoms with Gasteiger partial charge in [-0.25, -0.2) is 24.9 Å². The lowest BCUT2D eigenvalue weighted by atomic mass is 9.99. The monoisotopic (exact) mass is 768 g/mol. The Kier molecular flexibility index (Phi) is 7.71. The lowest BCUT2D eigenvalue weighted by Crippen LogP contribution is -2.03. The highest BCUT2D eigenvalue weighted by Crippen LogP contribution is 2.40. The summed E-state index contributed by atoms with van der Waals surface area (Å²) in [5, 5.41) is 5.21. The van der Waals surface area contributed by atoms with E-state index in [1.165, 1.54) is 0 Å². The summed E-state index contributed by atoms with van der Waals surface area (Å²) >= 11 is 0. The standard InChI is InChI=1S/C53H32N6O/c1-4-15-33(16-5-1)49-39-22-10-12-24-43(39)54-53(55-49)59-44-25-13-11-21-38(44)41-31-36(27-29-45(41)59)37-28-30-46-42(32-37)48-40(23-14-26-47(48)60-46)52-57-50(34-17-6-2-7-18-34)56-51(58-52)35-19-8-3-9-20-35/h1-32H. The van der Waals surface area contributed by atoms with Gasteiger partial charge in [-0.3, -0.25) is 4.57 Å². The zero-order chi connectivity index (χ0) is 39.6. The van der Waals surface area contributed by atoms with E-state index in [-0.39, 0.29) is 0 Å². The van der Waals surface area contributed by atoms with Crippen LogP contribution in [-0.4, -0.2) is 29.5 Å². The molecule has 0 saturated heterocycles. The minimum Gasteiger partial charge on any atom is -0.456 e. The topological polar surface area (TPSA) is 82.5 Å². The van der Waals surface area contributed by atoms with Gasteiger partial charge in [-0.1, -0.05) is 152 Å². The molecule has 0 unspecified atom stereocenters. The minimum atomic E-state index is 0.585. The van der Waals surface area contributed by atoms with Crippen LogP contribution in [0.1, 0.15) is 0 Å². The summed E-state index contributed by atoms with van der Waals surface area (Å²) < 4.78 is 8.69. The van der Waals surface area contributed by atoms with Crippen LogP contribution >= 0.6 is 0 Å². The summed E-state index contributed by atoms with van der Waals surface area (Å²) in [6, 6.07) is 66.3. The Labute approximate surface area is 343 Å². The second-order valence-electron chi connectivity index (χ2n) is 14.9. The van der Waals surface area contributed by atoms with E-state index in [9.17, 15) is 0 Å². The summed E-state index contributed by atoms with van der Waals surface area (Å²) in [5.41, 5.74) is 11.4. The van der Waals surface area contributed by atoms with Gasteiger partial charge in [0.1, 0.15) is 11.2 Å². The van der Waals surface area contributed by atoms with Crippen LogP contribution in [0.3, 0.4) is 0 Å². The van der Waals surface area contributed by atoms with Gasteiger partial charge in [-0.2, -0.15) is 0 Å². The molecule has 12 rings (SSSR count). The Morgan fingerprint density at radius 3 is 1.67 bits per heavy atom. The summed E-state index contributed by atoms with van der Waals surface area (Å²) in [6.07, 6.45) is 0. The molecule has 0 aliphatic heterocycles. The van der Waals surface area contributed by atoms with Gasteiger partial charge in [0.05, 0.1) is 22.2 Å². The average Bonchev–Trinajstić information content (AvgIpc) is 3.87. The molecule has 0 bridgehead atoms. The fraction of sp³-hybridized carbons (Fsp3) is 0. The third-order valence-electron chi connectivity index (χ3n) is 11.3. The van der Waals surface area contributed by atoms with Crippen molar-refractivity contribution in [3.8, 4) is 62.5 Å². The smallest absolute Gasteiger partial charge is 0.235 e. The fourth-order valence-corrected chi connectivity index (χ4v) is 8.47. The Hall–Kier alpha value is -8.29. The highest BCUT2D eigenvalue weighted by molar-refractivity contribution is 6.14. The predicted octanol–water partition coefficient (Wildman–Crippen LogP) is 13.1. The van der Waals surface area contributed by atoms with Gasteiger partial charge in [0.25, 0.3) is 0 Å². The van der Waals surface area contributed by atoms with E-state index in [1.807, 2.05) is 91.0 Å². The normalized spacial score (nSPS) is 11.7. The van der Waals surface area contributed by atoms with Crippen molar-refractivity contribution in [2.24, 2.45) is 0 Å². The second-order valence-corrected chi connectivity index (χ2v) is 14.9. The maximum atomic E-state index is 6.50. The molecule has 7 nitrogen and oxygen atoms in total. The third-order valence-corrected chi connectivity index (χ3v) is 11.3. The number of hydrogen-bond acceptors (Lipinski definition) is 6. The number of benzene rings is 8. The van der Waals surface area contributed by atoms with Crippen molar-refractivity contribution in [3.05, 3.63) is 194 Å². The lowest BCUT2D eigenvalue weighted by Gasteiger charge is -2.12. The molecule has 280 valence electrons. The first kappa shape index (κ1) is 33.8. The number of hydrogen-bond donors (Lipinski definition) is 0. The number of rotatable bonds is 6. The second kappa shape index (κ2) is 13.7. The maximum Gasteiger partial charge on any atom is 0.235 e. The molecule has 60 heavy (non-hydrogen) atoms. The molecule has 7 heteroatoms. The van der Waals surface area contributed by atoms with Crippen LogP contribution in [-0.2, 0) is 0 Å². The van der Waals surface area contributed by atoms with E-state index in [0.717, 1.165) is 93.7 Å². The summed E-state index contributed by atoms with van der Waals surface area (Å²) in [4.78, 5) is 25.5. The number of furan rings is 1. The largest absolute Gasteiger partial charge is 0.456 e. The molecule has 0 radical (unpaired) electrons. The highest BCUT2D eigenvalue weighted by Gasteiger charge is 2.20. The first-order chi connectivity index (χ1) is 29.7. The first-order valence-corrected chi connectivity index (χ1v) is 19.9. The van der Waals surface area contributed by atoms with Gasteiger partial charge in [0, 0.05) is 49.2 Å². The molecule has 0 saturated carbocycles. The van der Waals surface area contributed by atoms with Crippen molar-refractivity contribution in [3.63, 3.8) is 0 Å². The molecule has 0 fully saturated rings. The van der Waals surface area contributed by atoms with Crippen molar-refractivity contribution in [2.75, 3.05) is 0 Å². The van der Waals surface area contributed by atoms with Crippen LogP contribution in [0.5, 0.6) is 0 Å². The van der Waals surface area contributed by atoms with Crippen molar-refractivity contribution < 1.29 is 4.42 Å². The summed E-state index contributed by atoms with van der Waals surface area (Å²) in [6.45, 7) is 0. The molecule has 12 aromatic rings. The molecule has 8 aromatic carbocycles. The number of fused-ring (bicyclic) bond motifs is 7. The summed E-state index contributed by atoms with van der Waals surface area (Å²) in [5.74, 6) is 2.45. The van der Waals surface area contributed by atoms with Gasteiger partial charge in [-0.05, 0) is 53.6 Å². The van der Waals surface area contributed by atoms with Crippen LogP contribution in [0, 0.1) is 0 Å². The van der Waals surface area contributed by atoms with E-state index in [4.69, 9.17) is 29.3 Å². The summed E-state index contributed by atoms with van der Waals surface area (Å²) in [7, 11) is 0. The van der Waals surface area contributed by atoms with Crippen LogP contribution in [0.15, 0.2) is 199 Å². The Morgan fingerprint density at radius 1 is 0.350 bits per heavy atom. The van der Waals surface area contributed by atoms with Gasteiger partial charge in [-0.15, -0.1) is 0 Å². The van der Waals surface area contributed by atoms with Crippen molar-refractivity contribution >= 4 is 54.6 Å². The van der Waals surface area contributed by atoms with Crippen molar-refractivity contribution in [1.29, 1.82) is 0 Å². The van der Waals surface area contributed by atoms with Crippen LogP contribution in [0.2, 0.25) is 0 Å². The highest BCUT2D eigenvalue weighted by atomic mass is 16.3. The molecule has 0 aliphatic rings. The minimum absolute atomic E-state index is 0.585. The van der Waals surface area contributed by atoms with E-state index in [2.05, 4.69) is 108 Å². The molecule has 4 aromatic heterocycles. The number of nitrogens with zero attached hydrogens (tertiary/aromatic N) is 6. The molecular weight excluding hydrogens is 737 g/mol. The molecule has 0 atom stereocenters. The van der Waals surface area contributed by atoms with Crippen LogP contribution in [0.4, 0.5) is 0 Å². The van der Waals surface area contributed by atoms with Gasteiger partial charge >= 0.3 is 0 Å². The Bertz CT molecular complexity index is 3540. The fourth-order valence-electron chi connectivity index (χ4n) is 8.47. The van der Waals surface area contributed by atoms with Gasteiger partial charge < -0.3 is 4.42 Å². The average molecular weight is 769 g/mol. The van der Waals surface area contributed by atoms with Crippen LogP contribution < -0.4 is 0 Å². The predicted molar refractivity (Wildman–Crippen MR) is 242 cm³/mol. The van der Waals surface area contributed by atoms with E-state index >= 15 is 0 Å². The molecule has 0 aliphatic carbocycles. The quantitative estimate of drug-likeness (QED) is 0.167. The van der Waals surface area contributed by atoms with E-state index in [0.29, 0.717) is 23.4 Å². The molecule has 4 heterocycles. The maximum absolute atomic E-state index is 6.50. The van der Waals surface area contributed by atoms with Crippen molar-refractivity contribution in [1.82, 2.24) is 29.5 Å². The SMILES string of the molecule is c1ccc(-c2nc(-c3ccccc3)nc(-c3cccc4oc5ccc(-c6ccc7c(c6)c6ccccc6n7-c6nc(-c7ccccc7)c7ccccc7n6)cc5c34)n2)cc1. The zero-order valence-electron chi connectivity index (χ0n) is 32.1. The van der Waals surface area contributed by atoms with Gasteiger partial charge in [0.2, 0.25) is 5.95 Å². The zero-order valence-corrected chi connectivity index (χ0v) is 32.1. The van der Waals surface area contributed by atoms with Gasteiger partial charge in [0.15, 0.2) is 17.5 Å². The lowest BCUT2D eigenvalue weighted by molar-refractivity contribution is 0.669. The van der Waals surface area contributed by atoms with Crippen LogP contribution in [0.25, 0.3) is 117 Å². The van der Waals surface area contributed by atoms with Crippen molar-refractivity contribution in [2.45, 2.75) is 0 Å².